The minimum absolute atomic E-state index is 0. The van der Waals surface area contributed by atoms with E-state index >= 15 is 0 Å². The maximum atomic E-state index is 12.3. The SMILES string of the molecule is CN1C(=O)CC(NC(=O)C2CCCN2)C1c1ccc(Cl)cc1.Cl. The summed E-state index contributed by atoms with van der Waals surface area (Å²) in [5.41, 5.74) is 0.988. The molecule has 7 heteroatoms. The Bertz CT molecular complexity index is 573. The number of likely N-dealkylation sites (N-methyl/N-ethyl adjacent to an activating group) is 1. The summed E-state index contributed by atoms with van der Waals surface area (Å²) in [6.07, 6.45) is 2.21. The van der Waals surface area contributed by atoms with E-state index in [1.165, 1.54) is 0 Å². The highest BCUT2D eigenvalue weighted by molar-refractivity contribution is 6.30. The van der Waals surface area contributed by atoms with Crippen molar-refractivity contribution in [1.29, 1.82) is 0 Å². The van der Waals surface area contributed by atoms with Gasteiger partial charge in [0.05, 0.1) is 18.1 Å². The van der Waals surface area contributed by atoms with Gasteiger partial charge < -0.3 is 15.5 Å². The highest BCUT2D eigenvalue weighted by Gasteiger charge is 2.40. The third-order valence-corrected chi connectivity index (χ3v) is 4.75. The number of nitrogens with zero attached hydrogens (tertiary/aromatic N) is 1. The Morgan fingerprint density at radius 2 is 2.04 bits per heavy atom. The van der Waals surface area contributed by atoms with Crippen LogP contribution in [-0.4, -0.2) is 42.4 Å². The molecule has 0 radical (unpaired) electrons. The maximum absolute atomic E-state index is 12.3. The molecule has 0 aromatic heterocycles. The smallest absolute Gasteiger partial charge is 0.237 e. The predicted octanol–water partition coefficient (Wildman–Crippen LogP) is 1.90. The van der Waals surface area contributed by atoms with E-state index in [1.807, 2.05) is 24.3 Å². The largest absolute Gasteiger partial charge is 0.349 e. The second kappa shape index (κ2) is 7.51. The van der Waals surface area contributed by atoms with Gasteiger partial charge in [0.25, 0.3) is 0 Å². The lowest BCUT2D eigenvalue weighted by atomic mass is 9.99. The molecular weight excluding hydrogens is 337 g/mol. The molecule has 2 aliphatic rings. The van der Waals surface area contributed by atoms with Crippen LogP contribution in [0.2, 0.25) is 5.02 Å². The van der Waals surface area contributed by atoms with Gasteiger partial charge in [0.2, 0.25) is 11.8 Å². The summed E-state index contributed by atoms with van der Waals surface area (Å²) >= 11 is 5.93. The molecule has 2 aliphatic heterocycles. The van der Waals surface area contributed by atoms with Gasteiger partial charge in [-0.25, -0.2) is 0 Å². The van der Waals surface area contributed by atoms with Crippen LogP contribution < -0.4 is 10.6 Å². The van der Waals surface area contributed by atoms with Crippen molar-refractivity contribution in [2.45, 2.75) is 37.4 Å². The van der Waals surface area contributed by atoms with Gasteiger partial charge in [-0.05, 0) is 37.1 Å². The predicted molar refractivity (Wildman–Crippen MR) is 91.8 cm³/mol. The fraction of sp³-hybridized carbons (Fsp3) is 0.500. The normalized spacial score (nSPS) is 27.0. The minimum atomic E-state index is -0.200. The van der Waals surface area contributed by atoms with E-state index < -0.39 is 0 Å². The standard InChI is InChI=1S/C16H20ClN3O2.ClH/c1-20-14(21)9-13(19-16(22)12-3-2-8-18-12)15(20)10-4-6-11(17)7-5-10;/h4-7,12-13,15,18H,2-3,8-9H2,1H3,(H,19,22);1H. The fourth-order valence-electron chi connectivity index (χ4n) is 3.31. The van der Waals surface area contributed by atoms with Crippen LogP contribution in [0.25, 0.3) is 0 Å². The van der Waals surface area contributed by atoms with Gasteiger partial charge in [0.1, 0.15) is 0 Å². The molecule has 1 aromatic carbocycles. The zero-order chi connectivity index (χ0) is 15.7. The van der Waals surface area contributed by atoms with Crippen molar-refractivity contribution in [1.82, 2.24) is 15.5 Å². The van der Waals surface area contributed by atoms with Crippen LogP contribution in [0, 0.1) is 0 Å². The fourth-order valence-corrected chi connectivity index (χ4v) is 3.43. The molecule has 1 aromatic rings. The van der Waals surface area contributed by atoms with E-state index in [2.05, 4.69) is 10.6 Å². The van der Waals surface area contributed by atoms with Crippen molar-refractivity contribution in [2.75, 3.05) is 13.6 Å². The summed E-state index contributed by atoms with van der Waals surface area (Å²) in [6.45, 7) is 0.877. The number of nitrogens with one attached hydrogen (secondary N) is 2. The van der Waals surface area contributed by atoms with Crippen molar-refractivity contribution in [3.8, 4) is 0 Å². The van der Waals surface area contributed by atoms with Crippen molar-refractivity contribution >= 4 is 35.8 Å². The quantitative estimate of drug-likeness (QED) is 0.868. The first kappa shape index (κ1) is 18.0. The Morgan fingerprint density at radius 1 is 1.35 bits per heavy atom. The summed E-state index contributed by atoms with van der Waals surface area (Å²) in [7, 11) is 1.78. The van der Waals surface area contributed by atoms with Crippen molar-refractivity contribution in [2.24, 2.45) is 0 Å². The van der Waals surface area contributed by atoms with E-state index in [0.717, 1.165) is 24.9 Å². The second-order valence-corrected chi connectivity index (χ2v) is 6.41. The van der Waals surface area contributed by atoms with E-state index in [-0.39, 0.29) is 42.3 Å². The van der Waals surface area contributed by atoms with E-state index in [4.69, 9.17) is 11.6 Å². The third-order valence-electron chi connectivity index (χ3n) is 4.50. The highest BCUT2D eigenvalue weighted by Crippen LogP contribution is 2.32. The lowest BCUT2D eigenvalue weighted by molar-refractivity contribution is -0.127. The molecule has 5 nitrogen and oxygen atoms in total. The maximum Gasteiger partial charge on any atom is 0.237 e. The van der Waals surface area contributed by atoms with Gasteiger partial charge in [0.15, 0.2) is 0 Å². The van der Waals surface area contributed by atoms with Gasteiger partial charge in [-0.2, -0.15) is 0 Å². The molecule has 23 heavy (non-hydrogen) atoms. The van der Waals surface area contributed by atoms with Crippen LogP contribution in [-0.2, 0) is 9.59 Å². The molecule has 126 valence electrons. The number of hydrogen-bond acceptors (Lipinski definition) is 3. The van der Waals surface area contributed by atoms with Gasteiger partial charge in [-0.1, -0.05) is 23.7 Å². The monoisotopic (exact) mass is 357 g/mol. The third kappa shape index (κ3) is 3.79. The summed E-state index contributed by atoms with van der Waals surface area (Å²) in [5.74, 6) is 0.0363. The molecular formula is C16H21Cl2N3O2. The van der Waals surface area contributed by atoms with Gasteiger partial charge in [-0.3, -0.25) is 9.59 Å². The Morgan fingerprint density at radius 3 is 2.65 bits per heavy atom. The molecule has 0 spiro atoms. The average Bonchev–Trinajstić information content (AvgIpc) is 3.11. The Hall–Kier alpha value is -1.30. The Labute approximate surface area is 147 Å². The number of benzene rings is 1. The number of likely N-dealkylation sites (tertiary alicyclic amines) is 1. The molecule has 0 aliphatic carbocycles. The lowest BCUT2D eigenvalue weighted by Gasteiger charge is -2.27. The zero-order valence-corrected chi connectivity index (χ0v) is 14.5. The molecule has 2 saturated heterocycles. The topological polar surface area (TPSA) is 61.4 Å². The molecule has 0 saturated carbocycles. The van der Waals surface area contributed by atoms with Crippen LogP contribution in [0.1, 0.15) is 30.9 Å². The molecule has 0 bridgehead atoms. The Kier molecular flexibility index (Phi) is 5.89. The summed E-state index contributed by atoms with van der Waals surface area (Å²) in [6, 6.07) is 6.97. The molecule has 3 rings (SSSR count). The number of hydrogen-bond donors (Lipinski definition) is 2. The van der Waals surface area contributed by atoms with Crippen LogP contribution in [0.4, 0.5) is 0 Å². The van der Waals surface area contributed by atoms with Crippen LogP contribution in [0.5, 0.6) is 0 Å². The van der Waals surface area contributed by atoms with Crippen molar-refractivity contribution in [3.63, 3.8) is 0 Å². The van der Waals surface area contributed by atoms with Gasteiger partial charge >= 0.3 is 0 Å². The first-order chi connectivity index (χ1) is 10.6. The lowest BCUT2D eigenvalue weighted by Crippen LogP contribution is -2.46. The van der Waals surface area contributed by atoms with Crippen LogP contribution in [0.15, 0.2) is 24.3 Å². The van der Waals surface area contributed by atoms with E-state index in [0.29, 0.717) is 11.4 Å². The Balaban J connectivity index is 0.00000192. The first-order valence-electron chi connectivity index (χ1n) is 7.61. The average molecular weight is 358 g/mol. The molecule has 3 atom stereocenters. The summed E-state index contributed by atoms with van der Waals surface area (Å²) in [4.78, 5) is 26.1. The molecule has 3 unspecified atom stereocenters. The minimum Gasteiger partial charge on any atom is -0.349 e. The van der Waals surface area contributed by atoms with E-state index in [1.54, 1.807) is 11.9 Å². The number of amides is 2. The van der Waals surface area contributed by atoms with Gasteiger partial charge in [0, 0.05) is 18.5 Å². The number of carbonyl (C=O) groups is 2. The highest BCUT2D eigenvalue weighted by atomic mass is 35.5. The second-order valence-electron chi connectivity index (χ2n) is 5.97. The summed E-state index contributed by atoms with van der Waals surface area (Å²) < 4.78 is 0. The number of halogens is 2. The molecule has 2 heterocycles. The van der Waals surface area contributed by atoms with Crippen molar-refractivity contribution < 1.29 is 9.59 Å². The van der Waals surface area contributed by atoms with Crippen LogP contribution in [0.3, 0.4) is 0 Å². The molecule has 2 amide bonds. The van der Waals surface area contributed by atoms with E-state index in [9.17, 15) is 9.59 Å². The zero-order valence-electron chi connectivity index (χ0n) is 12.9. The van der Waals surface area contributed by atoms with Crippen LogP contribution >= 0.6 is 24.0 Å². The molecule has 2 fully saturated rings. The number of carbonyl (C=O) groups excluding carboxylic acids is 2. The van der Waals surface area contributed by atoms with Gasteiger partial charge in [-0.15, -0.1) is 12.4 Å². The summed E-state index contributed by atoms with van der Waals surface area (Å²) in [5, 5.41) is 6.89. The number of rotatable bonds is 3. The van der Waals surface area contributed by atoms with Crippen molar-refractivity contribution in [3.05, 3.63) is 34.9 Å². The first-order valence-corrected chi connectivity index (χ1v) is 7.99. The molecule has 2 N–H and O–H groups in total.